The predicted octanol–water partition coefficient (Wildman–Crippen LogP) is 2.34. The number of hydrogen-bond acceptors (Lipinski definition) is 1. The summed E-state index contributed by atoms with van der Waals surface area (Å²) in [6.07, 6.45) is 1.90. The highest BCUT2D eigenvalue weighted by atomic mass is 16.5. The van der Waals surface area contributed by atoms with Crippen molar-refractivity contribution in [2.24, 2.45) is 0 Å². The Labute approximate surface area is 64.8 Å². The Morgan fingerprint density at radius 2 is 2.18 bits per heavy atom. The number of fused-ring (bicyclic) bond motifs is 1. The molecule has 11 heavy (non-hydrogen) atoms. The summed E-state index contributed by atoms with van der Waals surface area (Å²) in [7, 11) is 3.34. The molecule has 0 aliphatic heterocycles. The second-order valence-electron chi connectivity index (χ2n) is 2.37. The van der Waals surface area contributed by atoms with Gasteiger partial charge in [-0.3, -0.25) is 0 Å². The lowest BCUT2D eigenvalue weighted by Crippen LogP contribution is -1.77. The minimum atomic E-state index is 0.789. The predicted molar refractivity (Wildman–Crippen MR) is 44.3 cm³/mol. The number of benzene rings is 1. The van der Waals surface area contributed by atoms with E-state index in [0.29, 0.717) is 0 Å². The maximum Gasteiger partial charge on any atom is 0.122 e. The molecular formula is C9H8NO. The van der Waals surface area contributed by atoms with Gasteiger partial charge in [0.15, 0.2) is 0 Å². The third-order valence-corrected chi connectivity index (χ3v) is 1.69. The second-order valence-corrected chi connectivity index (χ2v) is 2.37. The number of aromatic amines is 1. The zero-order valence-corrected chi connectivity index (χ0v) is 6.00. The Kier molecular flexibility index (Phi) is 1.32. The Hall–Kier alpha value is -1.44. The van der Waals surface area contributed by atoms with E-state index in [-0.39, 0.29) is 0 Å². The molecule has 1 N–H and O–H groups in total. The van der Waals surface area contributed by atoms with Gasteiger partial charge in [0, 0.05) is 17.1 Å². The lowest BCUT2D eigenvalue weighted by molar-refractivity contribution is 0.474. The first-order chi connectivity index (χ1) is 5.40. The van der Waals surface area contributed by atoms with E-state index < -0.39 is 0 Å². The van der Waals surface area contributed by atoms with Crippen molar-refractivity contribution in [2.75, 3.05) is 0 Å². The molecule has 0 saturated heterocycles. The maximum absolute atomic E-state index is 4.83. The molecule has 2 heteroatoms. The van der Waals surface area contributed by atoms with Crippen LogP contribution in [0.2, 0.25) is 0 Å². The quantitative estimate of drug-likeness (QED) is 0.656. The summed E-state index contributed by atoms with van der Waals surface area (Å²) in [4.78, 5) is 3.09. The number of aromatic nitrogens is 1. The number of H-pyrrole nitrogens is 1. The zero-order valence-electron chi connectivity index (χ0n) is 6.00. The van der Waals surface area contributed by atoms with Crippen molar-refractivity contribution in [3.05, 3.63) is 37.6 Å². The van der Waals surface area contributed by atoms with E-state index >= 15 is 0 Å². The van der Waals surface area contributed by atoms with Crippen molar-refractivity contribution in [1.82, 2.24) is 4.98 Å². The van der Waals surface area contributed by atoms with E-state index in [1.54, 1.807) is 0 Å². The highest BCUT2D eigenvalue weighted by Gasteiger charge is 1.94. The van der Waals surface area contributed by atoms with Crippen LogP contribution in [0.25, 0.3) is 10.9 Å². The molecule has 0 atom stereocenters. The molecule has 2 rings (SSSR count). The summed E-state index contributed by atoms with van der Waals surface area (Å²) < 4.78 is 4.83. The number of rotatable bonds is 1. The number of nitrogens with one attached hydrogen (secondary N) is 1. The first-order valence-electron chi connectivity index (χ1n) is 3.39. The third-order valence-electron chi connectivity index (χ3n) is 1.69. The second kappa shape index (κ2) is 2.31. The lowest BCUT2D eigenvalue weighted by Gasteiger charge is -1.96. The minimum Gasteiger partial charge on any atom is -0.490 e. The van der Waals surface area contributed by atoms with Crippen molar-refractivity contribution < 1.29 is 4.74 Å². The van der Waals surface area contributed by atoms with Crippen molar-refractivity contribution >= 4 is 10.9 Å². The van der Waals surface area contributed by atoms with E-state index in [1.807, 2.05) is 30.5 Å². The SMILES string of the molecule is [CH2]Oc1ccc2[nH]ccc2c1. The molecule has 0 fully saturated rings. The van der Waals surface area contributed by atoms with Gasteiger partial charge in [-0.25, -0.2) is 0 Å². The fraction of sp³-hybridized carbons (Fsp3) is 0. The molecule has 1 aromatic heterocycles. The van der Waals surface area contributed by atoms with Crippen LogP contribution >= 0.6 is 0 Å². The average molecular weight is 146 g/mol. The number of hydrogen-bond donors (Lipinski definition) is 1. The average Bonchev–Trinajstić information content (AvgIpc) is 2.50. The van der Waals surface area contributed by atoms with Gasteiger partial charge in [0.05, 0.1) is 0 Å². The largest absolute Gasteiger partial charge is 0.490 e. The Morgan fingerprint density at radius 3 is 3.00 bits per heavy atom. The van der Waals surface area contributed by atoms with E-state index in [2.05, 4.69) is 12.1 Å². The molecule has 55 valence electrons. The molecule has 0 unspecified atom stereocenters. The van der Waals surface area contributed by atoms with Crippen molar-refractivity contribution in [3.63, 3.8) is 0 Å². The van der Waals surface area contributed by atoms with Crippen molar-refractivity contribution in [3.8, 4) is 5.75 Å². The van der Waals surface area contributed by atoms with Crippen LogP contribution in [0.3, 0.4) is 0 Å². The van der Waals surface area contributed by atoms with E-state index in [9.17, 15) is 0 Å². The summed E-state index contributed by atoms with van der Waals surface area (Å²) in [5.41, 5.74) is 1.12. The van der Waals surface area contributed by atoms with Crippen LogP contribution in [0.4, 0.5) is 0 Å². The van der Waals surface area contributed by atoms with Crippen LogP contribution in [0, 0.1) is 7.11 Å². The number of ether oxygens (including phenoxy) is 1. The van der Waals surface area contributed by atoms with Gasteiger partial charge in [-0.1, -0.05) is 0 Å². The summed E-state index contributed by atoms with van der Waals surface area (Å²) >= 11 is 0. The van der Waals surface area contributed by atoms with Gasteiger partial charge in [-0.2, -0.15) is 0 Å². The molecule has 0 bridgehead atoms. The van der Waals surface area contributed by atoms with Crippen LogP contribution in [0.15, 0.2) is 30.5 Å². The molecule has 0 saturated carbocycles. The first kappa shape index (κ1) is 6.28. The van der Waals surface area contributed by atoms with Gasteiger partial charge >= 0.3 is 0 Å². The van der Waals surface area contributed by atoms with Crippen LogP contribution in [0.1, 0.15) is 0 Å². The topological polar surface area (TPSA) is 25.0 Å². The molecule has 1 radical (unpaired) electrons. The third kappa shape index (κ3) is 0.963. The van der Waals surface area contributed by atoms with Crippen LogP contribution in [-0.2, 0) is 0 Å². The Morgan fingerprint density at radius 1 is 1.27 bits per heavy atom. The normalized spacial score (nSPS) is 10.3. The molecule has 0 aliphatic carbocycles. The van der Waals surface area contributed by atoms with Crippen LogP contribution < -0.4 is 4.74 Å². The van der Waals surface area contributed by atoms with E-state index in [4.69, 9.17) is 4.74 Å². The zero-order chi connectivity index (χ0) is 7.68. The molecule has 1 aromatic carbocycles. The monoisotopic (exact) mass is 146 g/mol. The molecule has 0 amide bonds. The van der Waals surface area contributed by atoms with Crippen molar-refractivity contribution in [1.29, 1.82) is 0 Å². The van der Waals surface area contributed by atoms with Gasteiger partial charge in [-0.15, -0.1) is 0 Å². The molecule has 2 aromatic rings. The minimum absolute atomic E-state index is 0.789. The fourth-order valence-corrected chi connectivity index (χ4v) is 1.12. The van der Waals surface area contributed by atoms with Gasteiger partial charge in [0.25, 0.3) is 0 Å². The van der Waals surface area contributed by atoms with Crippen LogP contribution in [0.5, 0.6) is 5.75 Å². The smallest absolute Gasteiger partial charge is 0.122 e. The highest BCUT2D eigenvalue weighted by molar-refractivity contribution is 5.80. The Bertz CT molecular complexity index is 364. The molecule has 0 spiro atoms. The summed E-state index contributed by atoms with van der Waals surface area (Å²) in [6, 6.07) is 7.79. The summed E-state index contributed by atoms with van der Waals surface area (Å²) in [5, 5.41) is 1.14. The summed E-state index contributed by atoms with van der Waals surface area (Å²) in [6.45, 7) is 0. The molecular weight excluding hydrogens is 138 g/mol. The van der Waals surface area contributed by atoms with E-state index in [0.717, 1.165) is 16.7 Å². The molecule has 1 heterocycles. The molecule has 2 nitrogen and oxygen atoms in total. The maximum atomic E-state index is 4.83. The molecule has 0 aliphatic rings. The lowest BCUT2D eigenvalue weighted by atomic mass is 10.2. The van der Waals surface area contributed by atoms with Crippen LogP contribution in [-0.4, -0.2) is 4.98 Å². The standard InChI is InChI=1S/C9H8NO/c1-11-8-2-3-9-7(6-8)4-5-10-9/h2-6,10H,1H2. The highest BCUT2D eigenvalue weighted by Crippen LogP contribution is 2.18. The van der Waals surface area contributed by atoms with Gasteiger partial charge in [-0.05, 0) is 24.3 Å². The van der Waals surface area contributed by atoms with Crippen molar-refractivity contribution in [2.45, 2.75) is 0 Å². The van der Waals surface area contributed by atoms with E-state index in [1.165, 1.54) is 0 Å². The Balaban J connectivity index is 2.67. The van der Waals surface area contributed by atoms with Gasteiger partial charge < -0.3 is 9.72 Å². The first-order valence-corrected chi connectivity index (χ1v) is 3.39. The van der Waals surface area contributed by atoms with Gasteiger partial charge in [0.2, 0.25) is 0 Å². The van der Waals surface area contributed by atoms with Gasteiger partial charge in [0.1, 0.15) is 12.9 Å². The summed E-state index contributed by atoms with van der Waals surface area (Å²) in [5.74, 6) is 0.789. The fourth-order valence-electron chi connectivity index (χ4n) is 1.12.